The first-order chi connectivity index (χ1) is 7.06. The minimum Gasteiger partial charge on any atom is -0.477 e. The molecule has 1 aromatic heterocycles. The standard InChI is InChI=1S/C9H10N2O4/c1-2-3-4-10-6-7(11(14)15)5-8(10)9(12)13/h2-3,5-6H,4H2,1H3,(H,12,13). The van der Waals surface area contributed by atoms with Crippen LogP contribution < -0.4 is 0 Å². The minimum atomic E-state index is -1.17. The molecule has 0 bridgehead atoms. The van der Waals surface area contributed by atoms with Crippen LogP contribution in [0.15, 0.2) is 24.4 Å². The molecule has 1 aromatic rings. The Labute approximate surface area is 85.6 Å². The van der Waals surface area contributed by atoms with Gasteiger partial charge in [-0.3, -0.25) is 10.1 Å². The second-order valence-corrected chi connectivity index (χ2v) is 2.87. The normalized spacial score (nSPS) is 10.7. The van der Waals surface area contributed by atoms with Crippen LogP contribution in [0.1, 0.15) is 17.4 Å². The van der Waals surface area contributed by atoms with Crippen molar-refractivity contribution in [1.82, 2.24) is 4.57 Å². The number of allylic oxidation sites excluding steroid dienone is 2. The Morgan fingerprint density at radius 1 is 1.73 bits per heavy atom. The SMILES string of the molecule is CC=CCn1cc([N+](=O)[O-])cc1C(=O)O. The number of nitrogens with zero attached hydrogens (tertiary/aromatic N) is 2. The summed E-state index contributed by atoms with van der Waals surface area (Å²) < 4.78 is 1.32. The van der Waals surface area contributed by atoms with Crippen LogP contribution in [0.25, 0.3) is 0 Å². The summed E-state index contributed by atoms with van der Waals surface area (Å²) in [6.07, 6.45) is 4.68. The molecule has 0 aromatic carbocycles. The fourth-order valence-corrected chi connectivity index (χ4v) is 1.14. The van der Waals surface area contributed by atoms with E-state index < -0.39 is 10.9 Å². The molecule has 0 aliphatic carbocycles. The molecule has 0 aliphatic rings. The van der Waals surface area contributed by atoms with Crippen LogP contribution in [-0.4, -0.2) is 20.6 Å². The van der Waals surface area contributed by atoms with Gasteiger partial charge in [0.15, 0.2) is 0 Å². The minimum absolute atomic E-state index is 0.0835. The van der Waals surface area contributed by atoms with E-state index in [9.17, 15) is 14.9 Å². The molecule has 1 heterocycles. The average molecular weight is 210 g/mol. The molecule has 0 unspecified atom stereocenters. The molecule has 6 nitrogen and oxygen atoms in total. The van der Waals surface area contributed by atoms with Gasteiger partial charge in [0.2, 0.25) is 0 Å². The molecule has 1 N–H and O–H groups in total. The van der Waals surface area contributed by atoms with E-state index in [2.05, 4.69) is 0 Å². The Balaban J connectivity index is 3.11. The van der Waals surface area contributed by atoms with Gasteiger partial charge in [-0.15, -0.1) is 0 Å². The van der Waals surface area contributed by atoms with Crippen LogP contribution in [0.5, 0.6) is 0 Å². The first-order valence-corrected chi connectivity index (χ1v) is 4.25. The number of aromatic carboxylic acids is 1. The van der Waals surface area contributed by atoms with Crippen LogP contribution in [-0.2, 0) is 6.54 Å². The Morgan fingerprint density at radius 3 is 2.87 bits per heavy atom. The lowest BCUT2D eigenvalue weighted by Crippen LogP contribution is -2.06. The van der Waals surface area contributed by atoms with Gasteiger partial charge in [-0.2, -0.15) is 0 Å². The van der Waals surface area contributed by atoms with Gasteiger partial charge in [-0.25, -0.2) is 4.79 Å². The van der Waals surface area contributed by atoms with Crippen molar-refractivity contribution in [3.05, 3.63) is 40.2 Å². The van der Waals surface area contributed by atoms with Crippen molar-refractivity contribution < 1.29 is 14.8 Å². The highest BCUT2D eigenvalue weighted by atomic mass is 16.6. The number of hydrogen-bond acceptors (Lipinski definition) is 3. The number of hydrogen-bond donors (Lipinski definition) is 1. The van der Waals surface area contributed by atoms with E-state index in [-0.39, 0.29) is 11.4 Å². The molecular formula is C9H10N2O4. The molecule has 80 valence electrons. The number of carboxylic acid groups (broad SMARTS) is 1. The maximum absolute atomic E-state index is 10.8. The van der Waals surface area contributed by atoms with Crippen LogP contribution in [0.4, 0.5) is 5.69 Å². The lowest BCUT2D eigenvalue weighted by Gasteiger charge is -1.99. The number of carbonyl (C=O) groups is 1. The smallest absolute Gasteiger partial charge is 0.352 e. The molecule has 6 heteroatoms. The van der Waals surface area contributed by atoms with Crippen LogP contribution in [0.3, 0.4) is 0 Å². The van der Waals surface area contributed by atoms with E-state index >= 15 is 0 Å². The zero-order valence-electron chi connectivity index (χ0n) is 8.08. The van der Waals surface area contributed by atoms with Crippen molar-refractivity contribution in [3.63, 3.8) is 0 Å². The fraction of sp³-hybridized carbons (Fsp3) is 0.222. The highest BCUT2D eigenvalue weighted by molar-refractivity contribution is 5.86. The molecule has 1 rings (SSSR count). The molecule has 0 aliphatic heterocycles. The van der Waals surface area contributed by atoms with Gasteiger partial charge in [-0.1, -0.05) is 12.2 Å². The van der Waals surface area contributed by atoms with Gasteiger partial charge >= 0.3 is 5.97 Å². The van der Waals surface area contributed by atoms with Gasteiger partial charge in [-0.05, 0) is 6.92 Å². The number of nitro groups is 1. The van der Waals surface area contributed by atoms with Crippen molar-refractivity contribution in [2.24, 2.45) is 0 Å². The van der Waals surface area contributed by atoms with E-state index in [0.29, 0.717) is 6.54 Å². The molecule has 15 heavy (non-hydrogen) atoms. The third-order valence-electron chi connectivity index (χ3n) is 1.85. The lowest BCUT2D eigenvalue weighted by atomic mass is 10.4. The predicted octanol–water partition coefficient (Wildman–Crippen LogP) is 1.67. The van der Waals surface area contributed by atoms with Crippen molar-refractivity contribution in [1.29, 1.82) is 0 Å². The molecule has 0 saturated heterocycles. The summed E-state index contributed by atoms with van der Waals surface area (Å²) >= 11 is 0. The molecule has 0 radical (unpaired) electrons. The average Bonchev–Trinajstić information content (AvgIpc) is 2.58. The van der Waals surface area contributed by atoms with Crippen molar-refractivity contribution in [2.45, 2.75) is 13.5 Å². The van der Waals surface area contributed by atoms with E-state index in [1.807, 2.05) is 0 Å². The lowest BCUT2D eigenvalue weighted by molar-refractivity contribution is -0.384. The van der Waals surface area contributed by atoms with Gasteiger partial charge in [0.05, 0.1) is 11.1 Å². The molecular weight excluding hydrogens is 200 g/mol. The highest BCUT2D eigenvalue weighted by Gasteiger charge is 2.17. The highest BCUT2D eigenvalue weighted by Crippen LogP contribution is 2.16. The van der Waals surface area contributed by atoms with Crippen LogP contribution in [0, 0.1) is 10.1 Å². The summed E-state index contributed by atoms with van der Waals surface area (Å²) in [5.74, 6) is -1.17. The Bertz CT molecular complexity index is 420. The Kier molecular flexibility index (Phi) is 3.22. The van der Waals surface area contributed by atoms with E-state index in [0.717, 1.165) is 6.07 Å². The Morgan fingerprint density at radius 2 is 2.40 bits per heavy atom. The first-order valence-electron chi connectivity index (χ1n) is 4.25. The van der Waals surface area contributed by atoms with Gasteiger partial charge < -0.3 is 9.67 Å². The summed E-state index contributed by atoms with van der Waals surface area (Å²) in [6.45, 7) is 2.10. The molecule has 0 spiro atoms. The largest absolute Gasteiger partial charge is 0.477 e. The number of carboxylic acids is 1. The topological polar surface area (TPSA) is 85.4 Å². The molecule has 0 fully saturated rings. The second kappa shape index (κ2) is 4.41. The van der Waals surface area contributed by atoms with Crippen molar-refractivity contribution in [3.8, 4) is 0 Å². The maximum atomic E-state index is 10.8. The quantitative estimate of drug-likeness (QED) is 0.465. The summed E-state index contributed by atoms with van der Waals surface area (Å²) in [7, 11) is 0. The van der Waals surface area contributed by atoms with Crippen LogP contribution in [0.2, 0.25) is 0 Å². The third-order valence-corrected chi connectivity index (χ3v) is 1.85. The molecule has 0 saturated carbocycles. The Hall–Kier alpha value is -2.11. The third kappa shape index (κ3) is 2.43. The summed E-state index contributed by atoms with van der Waals surface area (Å²) in [4.78, 5) is 20.6. The van der Waals surface area contributed by atoms with E-state index in [4.69, 9.17) is 5.11 Å². The predicted molar refractivity (Wildman–Crippen MR) is 52.9 cm³/mol. The van der Waals surface area contributed by atoms with Crippen molar-refractivity contribution in [2.75, 3.05) is 0 Å². The second-order valence-electron chi connectivity index (χ2n) is 2.87. The summed E-state index contributed by atoms with van der Waals surface area (Å²) in [5.41, 5.74) is -0.295. The summed E-state index contributed by atoms with van der Waals surface area (Å²) in [6, 6.07) is 1.05. The molecule has 0 atom stereocenters. The summed E-state index contributed by atoms with van der Waals surface area (Å²) in [5, 5.41) is 19.2. The van der Waals surface area contributed by atoms with E-state index in [1.54, 1.807) is 19.1 Å². The zero-order chi connectivity index (χ0) is 11.4. The monoisotopic (exact) mass is 210 g/mol. The van der Waals surface area contributed by atoms with E-state index in [1.165, 1.54) is 10.8 Å². The number of rotatable bonds is 4. The van der Waals surface area contributed by atoms with Gasteiger partial charge in [0.1, 0.15) is 5.69 Å². The van der Waals surface area contributed by atoms with Crippen LogP contribution >= 0.6 is 0 Å². The van der Waals surface area contributed by atoms with Gasteiger partial charge in [0, 0.05) is 12.6 Å². The number of aromatic nitrogens is 1. The fourth-order valence-electron chi connectivity index (χ4n) is 1.14. The zero-order valence-corrected chi connectivity index (χ0v) is 8.08. The van der Waals surface area contributed by atoms with Gasteiger partial charge in [0.25, 0.3) is 5.69 Å². The van der Waals surface area contributed by atoms with Crippen molar-refractivity contribution >= 4 is 11.7 Å². The maximum Gasteiger partial charge on any atom is 0.352 e. The first kappa shape index (κ1) is 11.0. The molecule has 0 amide bonds.